The minimum atomic E-state index is 0.0833. The Bertz CT molecular complexity index is 90.4. The van der Waals surface area contributed by atoms with Crippen LogP contribution in [0.2, 0.25) is 0 Å². The zero-order chi connectivity index (χ0) is 5.11. The molecule has 0 aliphatic carbocycles. The summed E-state index contributed by atoms with van der Waals surface area (Å²) in [4.78, 5) is 0. The summed E-state index contributed by atoms with van der Waals surface area (Å²) >= 11 is 1.61. The Labute approximate surface area is 46.9 Å². The Morgan fingerprint density at radius 1 is 2.00 bits per heavy atom. The van der Waals surface area contributed by atoms with Crippen LogP contribution in [-0.4, -0.2) is 11.1 Å². The molecule has 1 atom stereocenters. The summed E-state index contributed by atoms with van der Waals surface area (Å²) in [5.41, 5.74) is 0. The molecular weight excluding hydrogens is 108 g/mol. The van der Waals surface area contributed by atoms with Gasteiger partial charge in [-0.05, 0) is 0 Å². The van der Waals surface area contributed by atoms with Gasteiger partial charge in [0.2, 0.25) is 0 Å². The molecule has 0 amide bonds. The highest BCUT2D eigenvalue weighted by molar-refractivity contribution is 8.00. The minimum Gasteiger partial charge on any atom is -0.301 e. The molecule has 1 aliphatic rings. The predicted molar refractivity (Wildman–Crippen MR) is 29.3 cm³/mol. The Morgan fingerprint density at radius 2 is 2.86 bits per heavy atom. The first-order valence-electron chi connectivity index (χ1n) is 2.01. The smallest absolute Gasteiger partial charge is 0.110 e. The number of thioether (sulfide) groups is 1. The summed E-state index contributed by atoms with van der Waals surface area (Å²) in [5, 5.41) is 11.2. The molecule has 2 nitrogen and oxygen atoms in total. The van der Waals surface area contributed by atoms with Gasteiger partial charge in [0.1, 0.15) is 5.25 Å². The van der Waals surface area contributed by atoms with Gasteiger partial charge in [0.15, 0.2) is 0 Å². The van der Waals surface area contributed by atoms with Crippen LogP contribution in [-0.2, 0) is 0 Å². The summed E-state index contributed by atoms with van der Waals surface area (Å²) in [5.74, 6) is 0.887. The molecule has 7 heavy (non-hydrogen) atoms. The van der Waals surface area contributed by atoms with Crippen molar-refractivity contribution >= 4 is 11.8 Å². The van der Waals surface area contributed by atoms with E-state index in [0.29, 0.717) is 0 Å². The summed E-state index contributed by atoms with van der Waals surface area (Å²) in [6.45, 7) is 1.81. The van der Waals surface area contributed by atoms with E-state index in [2.05, 4.69) is 11.4 Å². The fraction of sp³-hybridized carbons (Fsp3) is 0.500. The first-order chi connectivity index (χ1) is 3.43. The maximum Gasteiger partial charge on any atom is 0.110 e. The molecule has 1 radical (unpaired) electrons. The van der Waals surface area contributed by atoms with Gasteiger partial charge in [-0.1, -0.05) is 0 Å². The number of hydrogen-bond donors (Lipinski definition) is 1. The average Bonchev–Trinajstić information content (AvgIpc) is 2.14. The van der Waals surface area contributed by atoms with Gasteiger partial charge in [-0.2, -0.15) is 5.26 Å². The van der Waals surface area contributed by atoms with Gasteiger partial charge in [0.05, 0.1) is 12.6 Å². The van der Waals surface area contributed by atoms with Crippen molar-refractivity contribution in [2.24, 2.45) is 0 Å². The molecular formula is C4H5N2S. The second-order valence-corrected chi connectivity index (χ2v) is 2.36. The molecule has 37 valence electrons. The van der Waals surface area contributed by atoms with E-state index in [4.69, 9.17) is 5.26 Å². The lowest BCUT2D eigenvalue weighted by Crippen LogP contribution is -2.02. The van der Waals surface area contributed by atoms with E-state index in [1.54, 1.807) is 11.8 Å². The van der Waals surface area contributed by atoms with Crippen molar-refractivity contribution in [3.8, 4) is 6.07 Å². The summed E-state index contributed by atoms with van der Waals surface area (Å²) < 4.78 is 0. The molecule has 0 spiro atoms. The van der Waals surface area contributed by atoms with Gasteiger partial charge in [0.25, 0.3) is 0 Å². The van der Waals surface area contributed by atoms with Gasteiger partial charge < -0.3 is 5.32 Å². The first-order valence-corrected chi connectivity index (χ1v) is 3.06. The minimum absolute atomic E-state index is 0.0833. The molecule has 0 aromatic heterocycles. The van der Waals surface area contributed by atoms with Crippen LogP contribution >= 0.6 is 11.8 Å². The molecule has 1 fully saturated rings. The molecule has 1 N–H and O–H groups in total. The van der Waals surface area contributed by atoms with Crippen LogP contribution in [0.15, 0.2) is 0 Å². The highest BCUT2D eigenvalue weighted by Gasteiger charge is 2.12. The van der Waals surface area contributed by atoms with E-state index < -0.39 is 0 Å². The van der Waals surface area contributed by atoms with E-state index in [1.807, 2.05) is 6.54 Å². The van der Waals surface area contributed by atoms with Crippen LogP contribution in [0.1, 0.15) is 0 Å². The number of nitrogens with one attached hydrogen (secondary N) is 1. The molecule has 0 aromatic rings. The third-order valence-corrected chi connectivity index (χ3v) is 1.68. The second kappa shape index (κ2) is 2.20. The van der Waals surface area contributed by atoms with E-state index in [9.17, 15) is 0 Å². The molecule has 1 saturated heterocycles. The van der Waals surface area contributed by atoms with E-state index in [0.717, 1.165) is 5.88 Å². The molecule has 1 rings (SSSR count). The maximum absolute atomic E-state index is 8.22. The summed E-state index contributed by atoms with van der Waals surface area (Å²) in [7, 11) is 0. The van der Waals surface area contributed by atoms with Crippen molar-refractivity contribution in [1.82, 2.24) is 5.32 Å². The monoisotopic (exact) mass is 113 g/mol. The molecule has 1 heterocycles. The van der Waals surface area contributed by atoms with Crippen LogP contribution in [0, 0.1) is 17.9 Å². The number of hydrogen-bond acceptors (Lipinski definition) is 3. The maximum atomic E-state index is 8.22. The fourth-order valence-corrected chi connectivity index (χ4v) is 1.05. The van der Waals surface area contributed by atoms with Gasteiger partial charge in [-0.15, -0.1) is 11.8 Å². The average molecular weight is 113 g/mol. The van der Waals surface area contributed by atoms with Crippen LogP contribution in [0.4, 0.5) is 0 Å². The van der Waals surface area contributed by atoms with E-state index >= 15 is 0 Å². The number of nitriles is 1. The van der Waals surface area contributed by atoms with Crippen molar-refractivity contribution in [2.75, 3.05) is 5.88 Å². The number of rotatable bonds is 0. The third-order valence-electron chi connectivity index (χ3n) is 0.743. The van der Waals surface area contributed by atoms with Gasteiger partial charge in [0, 0.05) is 5.88 Å². The summed E-state index contributed by atoms with van der Waals surface area (Å²) in [6, 6.07) is 2.11. The lowest BCUT2D eigenvalue weighted by molar-refractivity contribution is 0.966. The highest BCUT2D eigenvalue weighted by atomic mass is 32.2. The fourth-order valence-electron chi connectivity index (χ4n) is 0.416. The first kappa shape index (κ1) is 4.95. The van der Waals surface area contributed by atoms with Crippen molar-refractivity contribution in [3.63, 3.8) is 0 Å². The topological polar surface area (TPSA) is 35.8 Å². The van der Waals surface area contributed by atoms with Crippen LogP contribution in [0.3, 0.4) is 0 Å². The Kier molecular flexibility index (Phi) is 1.55. The number of nitrogens with zero attached hydrogens (tertiary/aromatic N) is 1. The Balaban J connectivity index is 2.31. The molecule has 1 unspecified atom stereocenters. The molecule has 1 aliphatic heterocycles. The van der Waals surface area contributed by atoms with Gasteiger partial charge >= 0.3 is 0 Å². The van der Waals surface area contributed by atoms with Crippen molar-refractivity contribution in [1.29, 1.82) is 5.26 Å². The quantitative estimate of drug-likeness (QED) is 0.492. The molecule has 0 bridgehead atoms. The Hall–Kier alpha value is -0.200. The summed E-state index contributed by atoms with van der Waals surface area (Å²) in [6.07, 6.45) is 0. The standard InChI is InChI=1S/C4H5N2S/c5-1-4-2-6-3-7-4/h2,4,6H,3H2. The predicted octanol–water partition coefficient (Wildman–Crippen LogP) is 0.334. The van der Waals surface area contributed by atoms with Crippen molar-refractivity contribution in [2.45, 2.75) is 5.25 Å². The lowest BCUT2D eigenvalue weighted by atomic mass is 10.5. The second-order valence-electron chi connectivity index (χ2n) is 1.23. The highest BCUT2D eigenvalue weighted by Crippen LogP contribution is 2.15. The lowest BCUT2D eigenvalue weighted by Gasteiger charge is -1.85. The van der Waals surface area contributed by atoms with E-state index in [-0.39, 0.29) is 5.25 Å². The zero-order valence-electron chi connectivity index (χ0n) is 3.72. The van der Waals surface area contributed by atoms with Crippen LogP contribution in [0.5, 0.6) is 0 Å². The van der Waals surface area contributed by atoms with E-state index in [1.165, 1.54) is 0 Å². The largest absolute Gasteiger partial charge is 0.301 e. The van der Waals surface area contributed by atoms with Gasteiger partial charge in [-0.3, -0.25) is 0 Å². The van der Waals surface area contributed by atoms with Crippen LogP contribution < -0.4 is 5.32 Å². The molecule has 0 saturated carbocycles. The zero-order valence-corrected chi connectivity index (χ0v) is 4.53. The SMILES string of the molecule is N#CC1[CH]NCS1. The normalized spacial score (nSPS) is 29.9. The molecule has 3 heteroatoms. The third kappa shape index (κ3) is 1.08. The molecule has 0 aromatic carbocycles. The van der Waals surface area contributed by atoms with Crippen molar-refractivity contribution in [3.05, 3.63) is 6.54 Å². The van der Waals surface area contributed by atoms with Crippen molar-refractivity contribution < 1.29 is 0 Å². The Morgan fingerprint density at radius 3 is 3.14 bits per heavy atom. The van der Waals surface area contributed by atoms with Crippen LogP contribution in [0.25, 0.3) is 0 Å². The van der Waals surface area contributed by atoms with Gasteiger partial charge in [-0.25, -0.2) is 0 Å².